The molecule has 4 aliphatic carbocycles. The average Bonchev–Trinajstić information content (AvgIpc) is 2.71. The van der Waals surface area contributed by atoms with Crippen molar-refractivity contribution in [3.05, 3.63) is 29.3 Å². The predicted molar refractivity (Wildman–Crippen MR) is 117 cm³/mol. The van der Waals surface area contributed by atoms with Crippen LogP contribution in [0.25, 0.3) is 0 Å². The second-order valence-corrected chi connectivity index (χ2v) is 12.5. The van der Waals surface area contributed by atoms with Crippen LogP contribution in [-0.2, 0) is 14.8 Å². The first-order valence-corrected chi connectivity index (χ1v) is 13.2. The number of rotatable bonds is 5. The zero-order valence-electron chi connectivity index (χ0n) is 17.4. The fourth-order valence-corrected chi connectivity index (χ4v) is 8.92. The van der Waals surface area contributed by atoms with E-state index in [0.29, 0.717) is 25.6 Å². The van der Waals surface area contributed by atoms with Gasteiger partial charge in [-0.3, -0.25) is 4.79 Å². The molecule has 0 spiro atoms. The van der Waals surface area contributed by atoms with Crippen molar-refractivity contribution >= 4 is 27.5 Å². The summed E-state index contributed by atoms with van der Waals surface area (Å²) in [6, 6.07) is 6.61. The summed E-state index contributed by atoms with van der Waals surface area (Å²) in [6.45, 7) is 1.62. The van der Waals surface area contributed by atoms with E-state index in [4.69, 9.17) is 11.6 Å². The molecule has 5 fully saturated rings. The van der Waals surface area contributed by atoms with Crippen LogP contribution >= 0.6 is 11.6 Å². The van der Waals surface area contributed by atoms with Gasteiger partial charge in [-0.1, -0.05) is 23.7 Å². The van der Waals surface area contributed by atoms with E-state index in [1.54, 1.807) is 24.3 Å². The summed E-state index contributed by atoms with van der Waals surface area (Å²) in [7, 11) is -3.56. The summed E-state index contributed by atoms with van der Waals surface area (Å²) < 4.78 is 27.4. The molecule has 4 saturated carbocycles. The summed E-state index contributed by atoms with van der Waals surface area (Å²) in [5.41, 5.74) is -0.108. The molecule has 4 bridgehead atoms. The maximum Gasteiger partial charge on any atom is 0.244 e. The highest BCUT2D eigenvalue weighted by Gasteiger charge is 2.54. The first kappa shape index (κ1) is 20.8. The topological polar surface area (TPSA) is 66.5 Å². The Morgan fingerprint density at radius 3 is 2.17 bits per heavy atom. The Balaban J connectivity index is 1.16. The molecule has 1 heterocycles. The lowest BCUT2D eigenvalue weighted by atomic mass is 9.49. The van der Waals surface area contributed by atoms with Crippen molar-refractivity contribution in [3.63, 3.8) is 0 Å². The average molecular weight is 451 g/mol. The number of sulfonamides is 1. The van der Waals surface area contributed by atoms with Crippen LogP contribution in [0.2, 0.25) is 5.02 Å². The maximum absolute atomic E-state index is 13.2. The summed E-state index contributed by atoms with van der Waals surface area (Å²) in [4.78, 5) is 13.3. The van der Waals surface area contributed by atoms with E-state index in [9.17, 15) is 13.2 Å². The van der Waals surface area contributed by atoms with Crippen LogP contribution in [0.4, 0.5) is 0 Å². The lowest BCUT2D eigenvalue weighted by molar-refractivity contribution is -0.146. The fraction of sp³-hybridized carbons (Fsp3) is 0.696. The van der Waals surface area contributed by atoms with Gasteiger partial charge in [-0.2, -0.15) is 4.31 Å². The van der Waals surface area contributed by atoms with Gasteiger partial charge in [0.25, 0.3) is 0 Å². The van der Waals surface area contributed by atoms with Crippen LogP contribution in [0, 0.1) is 29.1 Å². The zero-order chi connectivity index (χ0) is 20.9. The van der Waals surface area contributed by atoms with Gasteiger partial charge in [0.1, 0.15) is 4.90 Å². The van der Waals surface area contributed by atoms with Gasteiger partial charge in [0, 0.05) is 25.0 Å². The Bertz CT molecular complexity index is 889. The van der Waals surface area contributed by atoms with Crippen molar-refractivity contribution in [1.29, 1.82) is 0 Å². The van der Waals surface area contributed by atoms with Gasteiger partial charge in [-0.15, -0.1) is 0 Å². The Labute approximate surface area is 184 Å². The number of benzene rings is 1. The van der Waals surface area contributed by atoms with Gasteiger partial charge in [-0.05, 0) is 87.2 Å². The van der Waals surface area contributed by atoms with Gasteiger partial charge in [0.2, 0.25) is 15.9 Å². The standard InChI is InChI=1S/C23H31ClN2O3S/c24-20-3-1-2-4-21(20)30(28,29)26-7-5-16(6-8-26)15-25-22(27)23-12-17-9-18(13-23)11-19(10-17)14-23/h1-4,16-19H,5-15H2,(H,25,27). The number of carbonyl (C=O) groups excluding carboxylic acids is 1. The number of hydrogen-bond acceptors (Lipinski definition) is 3. The Morgan fingerprint density at radius 2 is 1.60 bits per heavy atom. The van der Waals surface area contributed by atoms with Crippen molar-refractivity contribution in [2.75, 3.05) is 19.6 Å². The molecule has 1 N–H and O–H groups in total. The van der Waals surface area contributed by atoms with Crippen LogP contribution in [0.15, 0.2) is 29.2 Å². The van der Waals surface area contributed by atoms with Crippen LogP contribution in [0.3, 0.4) is 0 Å². The number of amides is 1. The molecule has 5 nitrogen and oxygen atoms in total. The highest BCUT2D eigenvalue weighted by molar-refractivity contribution is 7.89. The molecule has 6 rings (SSSR count). The van der Waals surface area contributed by atoms with E-state index >= 15 is 0 Å². The van der Waals surface area contributed by atoms with Crippen molar-refractivity contribution < 1.29 is 13.2 Å². The zero-order valence-corrected chi connectivity index (χ0v) is 18.9. The third-order valence-electron chi connectivity index (χ3n) is 8.10. The van der Waals surface area contributed by atoms with Crippen molar-refractivity contribution in [1.82, 2.24) is 9.62 Å². The lowest BCUT2D eigenvalue weighted by Gasteiger charge is -2.55. The molecule has 0 unspecified atom stereocenters. The van der Waals surface area contributed by atoms with E-state index in [-0.39, 0.29) is 21.2 Å². The molecule has 1 aliphatic heterocycles. The largest absolute Gasteiger partial charge is 0.355 e. The first-order chi connectivity index (χ1) is 14.4. The minimum atomic E-state index is -3.56. The first-order valence-electron chi connectivity index (χ1n) is 11.4. The fourth-order valence-electron chi connectivity index (χ4n) is 6.96. The molecule has 7 heteroatoms. The molecule has 1 saturated heterocycles. The summed E-state index contributed by atoms with van der Waals surface area (Å²) in [5.74, 6) is 2.90. The third-order valence-corrected chi connectivity index (χ3v) is 10.5. The highest BCUT2D eigenvalue weighted by Crippen LogP contribution is 2.60. The van der Waals surface area contributed by atoms with Crippen LogP contribution < -0.4 is 5.32 Å². The van der Waals surface area contributed by atoms with Gasteiger partial charge >= 0.3 is 0 Å². The third kappa shape index (κ3) is 3.69. The Morgan fingerprint density at radius 1 is 1.03 bits per heavy atom. The summed E-state index contributed by atoms with van der Waals surface area (Å²) in [5, 5.41) is 3.54. The Kier molecular flexibility index (Phi) is 5.39. The molecular weight excluding hydrogens is 420 g/mol. The molecule has 1 amide bonds. The number of carbonyl (C=O) groups is 1. The number of halogens is 1. The monoisotopic (exact) mass is 450 g/mol. The minimum Gasteiger partial charge on any atom is -0.355 e. The molecule has 0 radical (unpaired) electrons. The summed E-state index contributed by atoms with van der Waals surface area (Å²) >= 11 is 6.12. The quantitative estimate of drug-likeness (QED) is 0.735. The van der Waals surface area contributed by atoms with Crippen molar-refractivity contribution in [3.8, 4) is 0 Å². The van der Waals surface area contributed by atoms with Gasteiger partial charge in [-0.25, -0.2) is 8.42 Å². The van der Waals surface area contributed by atoms with Gasteiger partial charge in [0.15, 0.2) is 0 Å². The molecule has 30 heavy (non-hydrogen) atoms. The number of nitrogens with one attached hydrogen (secondary N) is 1. The normalized spacial score (nSPS) is 34.2. The molecule has 0 atom stereocenters. The van der Waals surface area contributed by atoms with Crippen LogP contribution in [0.1, 0.15) is 51.4 Å². The van der Waals surface area contributed by atoms with E-state index in [2.05, 4.69) is 5.32 Å². The second kappa shape index (κ2) is 7.79. The predicted octanol–water partition coefficient (Wildman–Crippen LogP) is 4.07. The van der Waals surface area contributed by atoms with Crippen LogP contribution in [0.5, 0.6) is 0 Å². The molecule has 164 valence electrons. The molecule has 1 aromatic carbocycles. The van der Waals surface area contributed by atoms with Gasteiger partial charge in [0.05, 0.1) is 5.02 Å². The van der Waals surface area contributed by atoms with Gasteiger partial charge < -0.3 is 5.32 Å². The van der Waals surface area contributed by atoms with Crippen molar-refractivity contribution in [2.24, 2.45) is 29.1 Å². The Hall–Kier alpha value is -1.11. The smallest absolute Gasteiger partial charge is 0.244 e. The lowest BCUT2D eigenvalue weighted by Crippen LogP contribution is -2.54. The van der Waals surface area contributed by atoms with E-state index in [1.807, 2.05) is 0 Å². The highest BCUT2D eigenvalue weighted by atomic mass is 35.5. The number of piperidine rings is 1. The molecule has 5 aliphatic rings. The number of hydrogen-bond donors (Lipinski definition) is 1. The number of nitrogens with zero attached hydrogens (tertiary/aromatic N) is 1. The van der Waals surface area contributed by atoms with E-state index in [1.165, 1.54) is 23.6 Å². The second-order valence-electron chi connectivity index (χ2n) is 10.2. The molecule has 1 aromatic rings. The molecular formula is C23H31ClN2O3S. The maximum atomic E-state index is 13.2. The van der Waals surface area contributed by atoms with E-state index in [0.717, 1.165) is 49.9 Å². The van der Waals surface area contributed by atoms with E-state index < -0.39 is 10.0 Å². The molecule has 0 aromatic heterocycles. The van der Waals surface area contributed by atoms with Crippen molar-refractivity contribution in [2.45, 2.75) is 56.3 Å². The minimum absolute atomic E-state index is 0.108. The summed E-state index contributed by atoms with van der Waals surface area (Å²) in [6.07, 6.45) is 8.80. The SMILES string of the molecule is O=C(NCC1CCN(S(=O)(=O)c2ccccc2Cl)CC1)C12CC3CC(CC(C3)C1)C2. The van der Waals surface area contributed by atoms with Crippen LogP contribution in [-0.4, -0.2) is 38.3 Å².